The first-order valence-electron chi connectivity index (χ1n) is 5.57. The molecular formula is C14H17N. The second-order valence-electron chi connectivity index (χ2n) is 4.46. The van der Waals surface area contributed by atoms with Gasteiger partial charge in [0.2, 0.25) is 0 Å². The van der Waals surface area contributed by atoms with Crippen LogP contribution in [0.5, 0.6) is 0 Å². The first kappa shape index (κ1) is 10.2. The molecule has 0 saturated heterocycles. The third kappa shape index (κ3) is 2.56. The van der Waals surface area contributed by atoms with E-state index >= 15 is 0 Å². The molecule has 78 valence electrons. The largest absolute Gasteiger partial charge is 0.256 e. The molecule has 0 fully saturated rings. The van der Waals surface area contributed by atoms with Crippen molar-refractivity contribution in [2.24, 2.45) is 5.92 Å². The van der Waals surface area contributed by atoms with Crippen molar-refractivity contribution in [2.75, 3.05) is 0 Å². The molecule has 0 aliphatic heterocycles. The summed E-state index contributed by atoms with van der Waals surface area (Å²) in [5, 5.41) is 0. The molecule has 0 unspecified atom stereocenters. The molecule has 1 aromatic heterocycles. The van der Waals surface area contributed by atoms with Crippen LogP contribution in [0.4, 0.5) is 0 Å². The molecule has 0 aromatic carbocycles. The van der Waals surface area contributed by atoms with Gasteiger partial charge in [-0.15, -0.1) is 0 Å². The van der Waals surface area contributed by atoms with Gasteiger partial charge in [-0.2, -0.15) is 0 Å². The number of fused-ring (bicyclic) bond motifs is 1. The van der Waals surface area contributed by atoms with E-state index in [1.165, 1.54) is 11.1 Å². The van der Waals surface area contributed by atoms with Gasteiger partial charge in [0.05, 0.1) is 5.69 Å². The summed E-state index contributed by atoms with van der Waals surface area (Å²) in [5.41, 5.74) is 3.68. The van der Waals surface area contributed by atoms with E-state index in [0.29, 0.717) is 5.92 Å². The molecule has 0 spiro atoms. The van der Waals surface area contributed by atoms with E-state index in [9.17, 15) is 0 Å². The smallest absolute Gasteiger partial charge is 0.0698 e. The number of aromatic nitrogens is 1. The molecule has 1 heterocycles. The van der Waals surface area contributed by atoms with E-state index < -0.39 is 0 Å². The Bertz CT molecular complexity index is 400. The lowest BCUT2D eigenvalue weighted by Gasteiger charge is -2.07. The highest BCUT2D eigenvalue weighted by Gasteiger charge is 2.04. The molecule has 0 saturated carbocycles. The summed E-state index contributed by atoms with van der Waals surface area (Å²) in [6.45, 7) is 4.48. The molecule has 2 rings (SSSR count). The van der Waals surface area contributed by atoms with Gasteiger partial charge in [0.25, 0.3) is 0 Å². The monoisotopic (exact) mass is 199 g/mol. The predicted octanol–water partition coefficient (Wildman–Crippen LogP) is 3.71. The molecule has 1 heteroatoms. The Labute approximate surface area is 91.6 Å². The number of hydrogen-bond donors (Lipinski definition) is 0. The van der Waals surface area contributed by atoms with Crippen molar-refractivity contribution in [1.82, 2.24) is 4.98 Å². The molecule has 0 atom stereocenters. The van der Waals surface area contributed by atoms with E-state index in [1.807, 2.05) is 6.20 Å². The van der Waals surface area contributed by atoms with E-state index in [-0.39, 0.29) is 0 Å². The standard InChI is InChI=1S/C14H17N/c1-11(2)8-12-9-13-6-4-3-5-7-14(13)15-10-12/h4-7,9-11H,3,8H2,1-2H3. The number of rotatable bonds is 2. The van der Waals surface area contributed by atoms with Crippen LogP contribution in [-0.2, 0) is 6.42 Å². The average molecular weight is 199 g/mol. The summed E-state index contributed by atoms with van der Waals surface area (Å²) >= 11 is 0. The van der Waals surface area contributed by atoms with Crippen LogP contribution >= 0.6 is 0 Å². The van der Waals surface area contributed by atoms with Gasteiger partial charge < -0.3 is 0 Å². The Kier molecular flexibility index (Phi) is 3.00. The Hall–Kier alpha value is -1.37. The van der Waals surface area contributed by atoms with Gasteiger partial charge in [-0.25, -0.2) is 0 Å². The van der Waals surface area contributed by atoms with Gasteiger partial charge in [-0.05, 0) is 36.5 Å². The van der Waals surface area contributed by atoms with Crippen LogP contribution in [0.1, 0.15) is 37.1 Å². The number of nitrogens with zero attached hydrogens (tertiary/aromatic N) is 1. The average Bonchev–Trinajstić information content (AvgIpc) is 2.41. The van der Waals surface area contributed by atoms with Crippen LogP contribution in [0.25, 0.3) is 12.2 Å². The van der Waals surface area contributed by atoms with Crippen LogP contribution < -0.4 is 0 Å². The molecule has 0 amide bonds. The molecule has 15 heavy (non-hydrogen) atoms. The van der Waals surface area contributed by atoms with Crippen LogP contribution in [-0.4, -0.2) is 4.98 Å². The Morgan fingerprint density at radius 1 is 1.27 bits per heavy atom. The quantitative estimate of drug-likeness (QED) is 0.707. The first-order chi connectivity index (χ1) is 7.25. The highest BCUT2D eigenvalue weighted by atomic mass is 14.7. The van der Waals surface area contributed by atoms with Crippen LogP contribution in [0, 0.1) is 5.92 Å². The molecule has 1 aromatic rings. The SMILES string of the molecule is CC(C)Cc1cnc2c(c1)C=CCC=C2. The Morgan fingerprint density at radius 2 is 2.07 bits per heavy atom. The van der Waals surface area contributed by atoms with Crippen LogP contribution in [0.15, 0.2) is 24.4 Å². The lowest BCUT2D eigenvalue weighted by molar-refractivity contribution is 0.645. The fourth-order valence-electron chi connectivity index (χ4n) is 1.85. The minimum absolute atomic E-state index is 0.690. The Balaban J connectivity index is 2.32. The van der Waals surface area contributed by atoms with Crippen molar-refractivity contribution in [3.63, 3.8) is 0 Å². The van der Waals surface area contributed by atoms with E-state index in [0.717, 1.165) is 18.5 Å². The summed E-state index contributed by atoms with van der Waals surface area (Å²) in [4.78, 5) is 4.49. The lowest BCUT2D eigenvalue weighted by Crippen LogP contribution is -1.97. The molecular weight excluding hydrogens is 182 g/mol. The minimum Gasteiger partial charge on any atom is -0.256 e. The maximum Gasteiger partial charge on any atom is 0.0698 e. The summed E-state index contributed by atoms with van der Waals surface area (Å²) in [7, 11) is 0. The third-order valence-corrected chi connectivity index (χ3v) is 2.50. The number of allylic oxidation sites excluding steroid dienone is 2. The fourth-order valence-corrected chi connectivity index (χ4v) is 1.85. The maximum absolute atomic E-state index is 4.49. The first-order valence-corrected chi connectivity index (χ1v) is 5.57. The third-order valence-electron chi connectivity index (χ3n) is 2.50. The van der Waals surface area contributed by atoms with E-state index in [4.69, 9.17) is 0 Å². The van der Waals surface area contributed by atoms with E-state index in [1.54, 1.807) is 0 Å². The fraction of sp³-hybridized carbons (Fsp3) is 0.357. The van der Waals surface area contributed by atoms with Gasteiger partial charge in [0, 0.05) is 11.8 Å². The molecule has 1 nitrogen and oxygen atoms in total. The zero-order valence-electron chi connectivity index (χ0n) is 9.40. The lowest BCUT2D eigenvalue weighted by atomic mass is 10.0. The molecule has 0 bridgehead atoms. The van der Waals surface area contributed by atoms with Crippen molar-refractivity contribution in [3.8, 4) is 0 Å². The zero-order valence-corrected chi connectivity index (χ0v) is 9.40. The molecule has 1 aliphatic carbocycles. The van der Waals surface area contributed by atoms with Gasteiger partial charge in [-0.3, -0.25) is 4.98 Å². The van der Waals surface area contributed by atoms with E-state index in [2.05, 4.69) is 49.2 Å². The normalized spacial score (nSPS) is 14.1. The number of hydrogen-bond acceptors (Lipinski definition) is 1. The molecule has 0 N–H and O–H groups in total. The summed E-state index contributed by atoms with van der Waals surface area (Å²) in [6.07, 6.45) is 12.7. The molecule has 1 aliphatic rings. The van der Waals surface area contributed by atoms with Crippen LogP contribution in [0.3, 0.4) is 0 Å². The predicted molar refractivity (Wildman–Crippen MR) is 65.5 cm³/mol. The highest BCUT2D eigenvalue weighted by Crippen LogP contribution is 2.18. The summed E-state index contributed by atoms with van der Waals surface area (Å²) in [5.74, 6) is 0.690. The summed E-state index contributed by atoms with van der Waals surface area (Å²) < 4.78 is 0. The summed E-state index contributed by atoms with van der Waals surface area (Å²) in [6, 6.07) is 2.26. The van der Waals surface area contributed by atoms with Crippen molar-refractivity contribution >= 4 is 12.2 Å². The van der Waals surface area contributed by atoms with Gasteiger partial charge in [0.1, 0.15) is 0 Å². The Morgan fingerprint density at radius 3 is 2.87 bits per heavy atom. The second kappa shape index (κ2) is 4.43. The zero-order chi connectivity index (χ0) is 10.7. The van der Waals surface area contributed by atoms with Crippen molar-refractivity contribution < 1.29 is 0 Å². The minimum atomic E-state index is 0.690. The van der Waals surface area contributed by atoms with Gasteiger partial charge in [-0.1, -0.05) is 32.1 Å². The van der Waals surface area contributed by atoms with Crippen molar-refractivity contribution in [3.05, 3.63) is 41.2 Å². The van der Waals surface area contributed by atoms with Gasteiger partial charge in [0.15, 0.2) is 0 Å². The van der Waals surface area contributed by atoms with Crippen LogP contribution in [0.2, 0.25) is 0 Å². The van der Waals surface area contributed by atoms with Crippen molar-refractivity contribution in [2.45, 2.75) is 26.7 Å². The maximum atomic E-state index is 4.49. The van der Waals surface area contributed by atoms with Crippen molar-refractivity contribution in [1.29, 1.82) is 0 Å². The second-order valence-corrected chi connectivity index (χ2v) is 4.46. The molecule has 0 radical (unpaired) electrons. The highest BCUT2D eigenvalue weighted by molar-refractivity contribution is 5.65. The van der Waals surface area contributed by atoms with Gasteiger partial charge >= 0.3 is 0 Å². The topological polar surface area (TPSA) is 12.9 Å². The number of pyridine rings is 1.